The topological polar surface area (TPSA) is 327 Å². The number of benzene rings is 3. The number of ether oxygens (including phenoxy) is 5. The minimum atomic E-state index is -0.324. The van der Waals surface area contributed by atoms with Gasteiger partial charge in [0.1, 0.15) is 40.8 Å². The van der Waals surface area contributed by atoms with E-state index in [1.807, 2.05) is 113 Å². The quantitative estimate of drug-likeness (QED) is 0.0523. The van der Waals surface area contributed by atoms with Crippen LogP contribution < -0.4 is 30.2 Å². The van der Waals surface area contributed by atoms with Gasteiger partial charge in [-0.1, -0.05) is 0 Å². The third-order valence-corrected chi connectivity index (χ3v) is 17.8. The lowest BCUT2D eigenvalue weighted by Crippen LogP contribution is -2.52. The van der Waals surface area contributed by atoms with Crippen LogP contribution in [0.1, 0.15) is 46.7 Å². The Morgan fingerprint density at radius 3 is 1.14 bits per heavy atom. The van der Waals surface area contributed by atoms with Crippen molar-refractivity contribution >= 4 is 91.2 Å². The minimum absolute atomic E-state index is 0.0412. The van der Waals surface area contributed by atoms with E-state index in [9.17, 15) is 19.2 Å². The number of rotatable bonds is 16. The fourth-order valence-electron chi connectivity index (χ4n) is 12.4. The molecule has 0 saturated carbocycles. The van der Waals surface area contributed by atoms with E-state index in [0.717, 1.165) is 92.6 Å². The second-order valence-electron chi connectivity index (χ2n) is 24.4. The Morgan fingerprint density at radius 1 is 0.402 bits per heavy atom. The number of methoxy groups -OCH3 is 3. The van der Waals surface area contributed by atoms with Gasteiger partial charge in [0.15, 0.2) is 0 Å². The zero-order valence-electron chi connectivity index (χ0n) is 56.2. The van der Waals surface area contributed by atoms with Crippen molar-refractivity contribution in [1.29, 1.82) is 0 Å². The number of piperazine rings is 2. The fraction of sp³-hybridized carbons (Fsp3) is 0.257. The molecule has 4 saturated heterocycles. The number of aromatic amines is 3. The van der Waals surface area contributed by atoms with Crippen molar-refractivity contribution in [1.82, 2.24) is 79.4 Å². The van der Waals surface area contributed by atoms with Crippen LogP contribution >= 0.6 is 0 Å². The number of anilines is 6. The number of carbonyl (C=O) groups excluding carboxylic acids is 4. The molecule has 12 aromatic rings. The van der Waals surface area contributed by atoms with Crippen LogP contribution in [0, 0.1) is 0 Å². The van der Waals surface area contributed by atoms with Crippen molar-refractivity contribution in [3.8, 4) is 51.4 Å². The van der Waals surface area contributed by atoms with Gasteiger partial charge >= 0.3 is 0 Å². The highest BCUT2D eigenvalue weighted by Crippen LogP contribution is 2.30. The van der Waals surface area contributed by atoms with Crippen LogP contribution in [0.5, 0.6) is 17.2 Å². The van der Waals surface area contributed by atoms with Crippen molar-refractivity contribution in [2.45, 2.75) is 37.9 Å². The molecule has 0 unspecified atom stereocenters. The Bertz CT molecular complexity index is 4750. The summed E-state index contributed by atoms with van der Waals surface area (Å²) >= 11 is 0. The molecule has 3 aromatic carbocycles. The van der Waals surface area contributed by atoms with Gasteiger partial charge in [-0.2, -0.15) is 0 Å². The predicted octanol–water partition coefficient (Wildman–Crippen LogP) is 10.2. The molecule has 4 amide bonds. The summed E-state index contributed by atoms with van der Waals surface area (Å²) in [4.78, 5) is 108. The first-order chi connectivity index (χ1) is 50.0. The maximum absolute atomic E-state index is 13.2. The van der Waals surface area contributed by atoms with Crippen molar-refractivity contribution in [2.24, 2.45) is 0 Å². The molecule has 2 atom stereocenters. The molecule has 4 aliphatic rings. The van der Waals surface area contributed by atoms with Gasteiger partial charge in [0, 0.05) is 177 Å². The molecule has 13 heterocycles. The number of fused-ring (bicyclic) bond motifs is 3. The largest absolute Gasteiger partial charge is 0.497 e. The summed E-state index contributed by atoms with van der Waals surface area (Å²) in [5, 5.41) is 12.6. The zero-order chi connectivity index (χ0) is 69.9. The number of pyridine rings is 3. The Balaban J connectivity index is 0.000000134. The maximum Gasteiger partial charge on any atom is 0.270 e. The van der Waals surface area contributed by atoms with Crippen LogP contribution in [0.25, 0.3) is 66.9 Å². The van der Waals surface area contributed by atoms with E-state index in [0.29, 0.717) is 129 Å². The van der Waals surface area contributed by atoms with Crippen LogP contribution in [0.2, 0.25) is 0 Å². The average Bonchev–Trinajstić information content (AvgIpc) is 1.64. The van der Waals surface area contributed by atoms with Gasteiger partial charge in [-0.25, -0.2) is 29.9 Å². The van der Waals surface area contributed by atoms with Gasteiger partial charge in [-0.05, 0) is 135 Å². The maximum atomic E-state index is 13.2. The molecule has 9 aromatic heterocycles. The van der Waals surface area contributed by atoms with Crippen molar-refractivity contribution in [2.75, 3.05) is 103 Å². The first-order valence-corrected chi connectivity index (χ1v) is 33.5. The van der Waals surface area contributed by atoms with Crippen LogP contribution in [-0.4, -0.2) is 202 Å². The Hall–Kier alpha value is -12.4. The lowest BCUT2D eigenvalue weighted by molar-refractivity contribution is -0.143. The third-order valence-electron chi connectivity index (χ3n) is 17.8. The molecule has 28 nitrogen and oxygen atoms in total. The van der Waals surface area contributed by atoms with Gasteiger partial charge < -0.3 is 74.2 Å². The smallest absolute Gasteiger partial charge is 0.270 e. The number of hydrogen-bond acceptors (Lipinski definition) is 21. The molecular formula is C74H73N19O9. The Morgan fingerprint density at radius 2 is 0.765 bits per heavy atom. The van der Waals surface area contributed by atoms with Gasteiger partial charge in [0.2, 0.25) is 17.8 Å². The van der Waals surface area contributed by atoms with Gasteiger partial charge in [-0.15, -0.1) is 0 Å². The summed E-state index contributed by atoms with van der Waals surface area (Å²) in [7, 11) is 4.85. The lowest BCUT2D eigenvalue weighted by Gasteiger charge is -2.35. The Labute approximate surface area is 585 Å². The van der Waals surface area contributed by atoms with Gasteiger partial charge in [0.25, 0.3) is 23.6 Å². The van der Waals surface area contributed by atoms with Crippen molar-refractivity contribution < 1.29 is 42.9 Å². The molecular weight excluding hydrogens is 1300 g/mol. The molecule has 0 spiro atoms. The number of nitrogens with one attached hydrogen (secondary N) is 6. The van der Waals surface area contributed by atoms with E-state index in [2.05, 4.69) is 75.8 Å². The van der Waals surface area contributed by atoms with Gasteiger partial charge in [0.05, 0.1) is 55.5 Å². The fourth-order valence-corrected chi connectivity index (χ4v) is 12.4. The standard InChI is InChI=1S/2C28H29N7O4.C18H15N5O/c2*1-38-20-6-8-29-23(17-20)22-7-9-30-28(33-22)31-19-4-5-21-18(15-19)16-24(32-21)26(36)34-10-12-35(13-11-34)27(37)25-3-2-14-39-25;1-24-14-5-8-20-17(11-14)16-6-9-21-18(23-16)22-13-2-3-15-12(10-13)4-7-19-15/h2*4-9,15-17,25,32H,2-3,10-14H2,1H3,(H,30,31,33);2-11,19H,1H3,(H,21,22,23)/t2*25-;/m10./s1. The highest BCUT2D eigenvalue weighted by atomic mass is 16.5. The molecule has 0 aliphatic carbocycles. The van der Waals surface area contributed by atoms with Crippen LogP contribution in [0.15, 0.2) is 171 Å². The van der Waals surface area contributed by atoms with E-state index in [1.54, 1.807) is 98.6 Å². The molecule has 0 radical (unpaired) electrons. The summed E-state index contributed by atoms with van der Waals surface area (Å²) in [6.07, 6.45) is 14.8. The second kappa shape index (κ2) is 30.8. The highest BCUT2D eigenvalue weighted by Gasteiger charge is 2.34. The number of nitrogens with zero attached hydrogens (tertiary/aromatic N) is 13. The number of hydrogen-bond donors (Lipinski definition) is 6. The number of H-pyrrole nitrogens is 3. The molecule has 28 heteroatoms. The van der Waals surface area contributed by atoms with E-state index < -0.39 is 0 Å². The molecule has 4 aliphatic heterocycles. The molecule has 6 N–H and O–H groups in total. The minimum Gasteiger partial charge on any atom is -0.497 e. The summed E-state index contributed by atoms with van der Waals surface area (Å²) in [5.41, 5.74) is 10.5. The van der Waals surface area contributed by atoms with Crippen molar-refractivity contribution in [3.05, 3.63) is 182 Å². The average molecular weight is 1370 g/mol. The number of amides is 4. The molecule has 16 rings (SSSR count). The molecule has 102 heavy (non-hydrogen) atoms. The summed E-state index contributed by atoms with van der Waals surface area (Å²) in [6, 6.07) is 39.6. The highest BCUT2D eigenvalue weighted by molar-refractivity contribution is 6.00. The van der Waals surface area contributed by atoms with E-state index in [-0.39, 0.29) is 35.8 Å². The summed E-state index contributed by atoms with van der Waals surface area (Å²) < 4.78 is 26.9. The first kappa shape index (κ1) is 66.8. The Kier molecular flexibility index (Phi) is 20.1. The monoisotopic (exact) mass is 1370 g/mol. The molecule has 4 fully saturated rings. The SMILES string of the molecule is COc1ccnc(-c2ccnc(Nc3ccc4[nH]c(C(=O)N5CCN(C(=O)[C@@H]6CCCO6)CC5)cc4c3)n2)c1.COc1ccnc(-c2ccnc(Nc3ccc4[nH]c(C(=O)N5CCN(C(=O)[C@H]6CCCO6)CC5)cc4c3)n2)c1.COc1ccnc(-c2ccnc(Nc3ccc4[nH]ccc4c3)n2)c1. The second-order valence-corrected chi connectivity index (χ2v) is 24.4. The van der Waals surface area contributed by atoms with Crippen LogP contribution in [0.4, 0.5) is 34.9 Å². The number of aromatic nitrogens is 12. The van der Waals surface area contributed by atoms with E-state index in [4.69, 9.17) is 23.7 Å². The van der Waals surface area contributed by atoms with E-state index in [1.165, 1.54) is 0 Å². The summed E-state index contributed by atoms with van der Waals surface area (Å²) in [6.45, 7) is 5.34. The van der Waals surface area contributed by atoms with Crippen LogP contribution in [0.3, 0.4) is 0 Å². The predicted molar refractivity (Wildman–Crippen MR) is 383 cm³/mol. The normalized spacial score (nSPS) is 15.8. The lowest BCUT2D eigenvalue weighted by atomic mass is 10.2. The van der Waals surface area contributed by atoms with Gasteiger partial charge in [-0.3, -0.25) is 34.1 Å². The number of carbonyl (C=O) groups is 4. The molecule has 518 valence electrons. The third kappa shape index (κ3) is 15.7. The first-order valence-electron chi connectivity index (χ1n) is 33.5. The summed E-state index contributed by atoms with van der Waals surface area (Å²) in [5.74, 6) is 3.45. The van der Waals surface area contributed by atoms with Crippen molar-refractivity contribution in [3.63, 3.8) is 0 Å². The molecule has 0 bridgehead atoms. The zero-order valence-corrected chi connectivity index (χ0v) is 56.2. The van der Waals surface area contributed by atoms with E-state index >= 15 is 0 Å². The van der Waals surface area contributed by atoms with Crippen LogP contribution in [-0.2, 0) is 19.1 Å².